The standard InChI is InChI=1S/C15H14F3N3O/c1-9-4-5-10(7-12(9)11-3-2-6-22-8-11)13-19-14(21-20-13)15(16,17)18/h4-5,7-8H,2-3,6H2,1H3,(H,19,20,21). The fraction of sp³-hybridized carbons (Fsp3) is 0.333. The maximum Gasteiger partial charge on any atom is 0.451 e. The first-order valence-corrected chi connectivity index (χ1v) is 6.87. The minimum atomic E-state index is -4.53. The second-order valence-electron chi connectivity index (χ2n) is 5.15. The Balaban J connectivity index is 1.98. The van der Waals surface area contributed by atoms with Gasteiger partial charge in [0.15, 0.2) is 5.82 Å². The number of halogens is 3. The van der Waals surface area contributed by atoms with Crippen LogP contribution in [0.2, 0.25) is 0 Å². The molecule has 2 aromatic rings. The van der Waals surface area contributed by atoms with Crippen LogP contribution in [0.4, 0.5) is 13.2 Å². The van der Waals surface area contributed by atoms with Crippen molar-refractivity contribution in [2.24, 2.45) is 0 Å². The van der Waals surface area contributed by atoms with Crippen LogP contribution >= 0.6 is 0 Å². The van der Waals surface area contributed by atoms with E-state index in [4.69, 9.17) is 4.74 Å². The maximum atomic E-state index is 12.6. The number of aryl methyl sites for hydroxylation is 1. The van der Waals surface area contributed by atoms with Gasteiger partial charge in [-0.25, -0.2) is 4.98 Å². The van der Waals surface area contributed by atoms with E-state index >= 15 is 0 Å². The second kappa shape index (κ2) is 5.47. The van der Waals surface area contributed by atoms with Crippen molar-refractivity contribution in [3.8, 4) is 11.4 Å². The zero-order valence-electron chi connectivity index (χ0n) is 11.9. The van der Waals surface area contributed by atoms with Crippen LogP contribution in [0.1, 0.15) is 29.8 Å². The molecule has 2 heterocycles. The summed E-state index contributed by atoms with van der Waals surface area (Å²) in [6, 6.07) is 5.37. The molecule has 0 radical (unpaired) electrons. The number of alkyl halides is 3. The Morgan fingerprint density at radius 2 is 2.09 bits per heavy atom. The summed E-state index contributed by atoms with van der Waals surface area (Å²) in [4.78, 5) is 3.53. The number of nitrogens with one attached hydrogen (secondary N) is 1. The first kappa shape index (κ1) is 14.6. The minimum Gasteiger partial charge on any atom is -0.501 e. The van der Waals surface area contributed by atoms with Crippen molar-refractivity contribution in [2.45, 2.75) is 25.9 Å². The van der Waals surface area contributed by atoms with Crippen LogP contribution in [-0.2, 0) is 10.9 Å². The third-order valence-electron chi connectivity index (χ3n) is 3.53. The molecule has 0 aliphatic carbocycles. The van der Waals surface area contributed by atoms with Gasteiger partial charge in [-0.3, -0.25) is 5.10 Å². The molecule has 0 spiro atoms. The molecule has 0 unspecified atom stereocenters. The maximum absolute atomic E-state index is 12.6. The van der Waals surface area contributed by atoms with Crippen molar-refractivity contribution in [2.75, 3.05) is 6.61 Å². The number of hydrogen-bond acceptors (Lipinski definition) is 3. The van der Waals surface area contributed by atoms with Crippen molar-refractivity contribution in [3.63, 3.8) is 0 Å². The van der Waals surface area contributed by atoms with Gasteiger partial charge >= 0.3 is 6.18 Å². The van der Waals surface area contributed by atoms with Gasteiger partial charge in [-0.1, -0.05) is 12.1 Å². The minimum absolute atomic E-state index is 0.0332. The van der Waals surface area contributed by atoms with Gasteiger partial charge in [-0.05, 0) is 42.5 Å². The van der Waals surface area contributed by atoms with E-state index in [0.29, 0.717) is 12.2 Å². The molecule has 1 aromatic heterocycles. The Labute approximate surface area is 125 Å². The van der Waals surface area contributed by atoms with E-state index in [-0.39, 0.29) is 5.82 Å². The first-order valence-electron chi connectivity index (χ1n) is 6.87. The van der Waals surface area contributed by atoms with E-state index in [1.54, 1.807) is 18.4 Å². The van der Waals surface area contributed by atoms with Gasteiger partial charge in [0.1, 0.15) is 0 Å². The number of benzene rings is 1. The van der Waals surface area contributed by atoms with Crippen LogP contribution in [0.15, 0.2) is 24.5 Å². The fourth-order valence-corrected chi connectivity index (χ4v) is 2.39. The van der Waals surface area contributed by atoms with E-state index < -0.39 is 12.0 Å². The van der Waals surface area contributed by atoms with Crippen molar-refractivity contribution in [1.82, 2.24) is 15.2 Å². The molecular weight excluding hydrogens is 295 g/mol. The summed E-state index contributed by atoms with van der Waals surface area (Å²) in [7, 11) is 0. The summed E-state index contributed by atoms with van der Waals surface area (Å²) in [6.07, 6.45) is -1.01. The van der Waals surface area contributed by atoms with Crippen LogP contribution in [-0.4, -0.2) is 21.8 Å². The smallest absolute Gasteiger partial charge is 0.451 e. The molecule has 0 fully saturated rings. The molecule has 116 valence electrons. The van der Waals surface area contributed by atoms with Gasteiger partial charge in [0, 0.05) is 5.56 Å². The second-order valence-corrected chi connectivity index (χ2v) is 5.15. The van der Waals surface area contributed by atoms with Crippen LogP contribution in [0.25, 0.3) is 17.0 Å². The number of rotatable bonds is 2. The molecule has 0 amide bonds. The van der Waals surface area contributed by atoms with Crippen LogP contribution in [0.5, 0.6) is 0 Å². The molecule has 7 heteroatoms. The molecule has 4 nitrogen and oxygen atoms in total. The van der Waals surface area contributed by atoms with E-state index in [1.165, 1.54) is 0 Å². The molecule has 0 atom stereocenters. The highest BCUT2D eigenvalue weighted by atomic mass is 19.4. The number of nitrogens with zero attached hydrogens (tertiary/aromatic N) is 2. The Morgan fingerprint density at radius 3 is 2.73 bits per heavy atom. The molecule has 1 aliphatic rings. The van der Waals surface area contributed by atoms with Gasteiger partial charge in [-0.15, -0.1) is 0 Å². The molecule has 1 aromatic carbocycles. The van der Waals surface area contributed by atoms with Gasteiger partial charge in [0.05, 0.1) is 12.9 Å². The predicted octanol–water partition coefficient (Wildman–Crippen LogP) is 3.95. The summed E-state index contributed by atoms with van der Waals surface area (Å²) in [5.74, 6) is -1.06. The average Bonchev–Trinajstić information content (AvgIpc) is 2.99. The average molecular weight is 309 g/mol. The first-order chi connectivity index (χ1) is 10.4. The molecule has 0 saturated carbocycles. The number of ether oxygens (including phenoxy) is 1. The Hall–Kier alpha value is -2.31. The van der Waals surface area contributed by atoms with Crippen molar-refractivity contribution in [3.05, 3.63) is 41.4 Å². The van der Waals surface area contributed by atoms with E-state index in [1.807, 2.05) is 18.1 Å². The molecule has 3 rings (SSSR count). The topological polar surface area (TPSA) is 50.8 Å². The van der Waals surface area contributed by atoms with Gasteiger partial charge in [-0.2, -0.15) is 18.3 Å². The fourth-order valence-electron chi connectivity index (χ4n) is 2.39. The zero-order chi connectivity index (χ0) is 15.7. The summed E-state index contributed by atoms with van der Waals surface area (Å²) >= 11 is 0. The lowest BCUT2D eigenvalue weighted by atomic mass is 9.95. The van der Waals surface area contributed by atoms with E-state index in [2.05, 4.69) is 10.1 Å². The normalized spacial score (nSPS) is 15.4. The highest BCUT2D eigenvalue weighted by molar-refractivity contribution is 5.72. The van der Waals surface area contributed by atoms with Crippen LogP contribution < -0.4 is 0 Å². The molecular formula is C15H14F3N3O. The Morgan fingerprint density at radius 1 is 1.27 bits per heavy atom. The third-order valence-corrected chi connectivity index (χ3v) is 3.53. The van der Waals surface area contributed by atoms with E-state index in [0.717, 1.165) is 29.5 Å². The number of aromatic nitrogens is 3. The number of allylic oxidation sites excluding steroid dienone is 1. The van der Waals surface area contributed by atoms with Crippen molar-refractivity contribution >= 4 is 5.57 Å². The summed E-state index contributed by atoms with van der Waals surface area (Å²) in [5.41, 5.74) is 3.57. The Bertz CT molecular complexity index is 719. The monoisotopic (exact) mass is 309 g/mol. The van der Waals surface area contributed by atoms with Gasteiger partial charge < -0.3 is 4.74 Å². The largest absolute Gasteiger partial charge is 0.501 e. The number of hydrogen-bond donors (Lipinski definition) is 1. The summed E-state index contributed by atoms with van der Waals surface area (Å²) in [5, 5.41) is 5.59. The van der Waals surface area contributed by atoms with Gasteiger partial charge in [0.2, 0.25) is 5.82 Å². The van der Waals surface area contributed by atoms with Crippen molar-refractivity contribution < 1.29 is 17.9 Å². The highest BCUT2D eigenvalue weighted by Crippen LogP contribution is 2.31. The lowest BCUT2D eigenvalue weighted by Crippen LogP contribution is -2.07. The lowest BCUT2D eigenvalue weighted by Gasteiger charge is -2.16. The van der Waals surface area contributed by atoms with Crippen LogP contribution in [0, 0.1) is 6.92 Å². The summed E-state index contributed by atoms with van der Waals surface area (Å²) in [6.45, 7) is 2.64. The predicted molar refractivity (Wildman–Crippen MR) is 74.7 cm³/mol. The number of H-pyrrole nitrogens is 1. The molecule has 22 heavy (non-hydrogen) atoms. The molecule has 0 bridgehead atoms. The quantitative estimate of drug-likeness (QED) is 0.914. The zero-order valence-corrected chi connectivity index (χ0v) is 11.9. The summed E-state index contributed by atoms with van der Waals surface area (Å²) < 4.78 is 43.1. The van der Waals surface area contributed by atoms with Crippen molar-refractivity contribution in [1.29, 1.82) is 0 Å². The van der Waals surface area contributed by atoms with Crippen LogP contribution in [0.3, 0.4) is 0 Å². The van der Waals surface area contributed by atoms with E-state index in [9.17, 15) is 13.2 Å². The third kappa shape index (κ3) is 2.84. The molecule has 1 aliphatic heterocycles. The lowest BCUT2D eigenvalue weighted by molar-refractivity contribution is -0.144. The molecule has 1 N–H and O–H groups in total. The molecule has 0 saturated heterocycles. The van der Waals surface area contributed by atoms with Gasteiger partial charge in [0.25, 0.3) is 0 Å². The Kier molecular flexibility index (Phi) is 3.64. The highest BCUT2D eigenvalue weighted by Gasteiger charge is 2.35. The SMILES string of the molecule is Cc1ccc(-c2n[nH]c(C(F)(F)F)n2)cc1C1=COCCC1. The number of aromatic amines is 1.